The maximum atomic E-state index is 12.2. The Labute approximate surface area is 132 Å². The van der Waals surface area contributed by atoms with Crippen LogP contribution in [-0.2, 0) is 0 Å². The van der Waals surface area contributed by atoms with Crippen molar-refractivity contribution in [3.05, 3.63) is 57.2 Å². The summed E-state index contributed by atoms with van der Waals surface area (Å²) in [4.78, 5) is 17.7. The van der Waals surface area contributed by atoms with Gasteiger partial charge in [0.05, 0.1) is 16.1 Å². The van der Waals surface area contributed by atoms with Gasteiger partial charge in [0, 0.05) is 9.85 Å². The van der Waals surface area contributed by atoms with Gasteiger partial charge in [-0.1, -0.05) is 18.2 Å². The number of thiophene rings is 1. The Kier molecular flexibility index (Phi) is 3.95. The summed E-state index contributed by atoms with van der Waals surface area (Å²) in [5.41, 5.74) is 1.49. The van der Waals surface area contributed by atoms with E-state index in [4.69, 9.17) is 0 Å². The van der Waals surface area contributed by atoms with E-state index >= 15 is 0 Å². The molecule has 1 N–H and O–H groups in total. The van der Waals surface area contributed by atoms with E-state index in [1.165, 1.54) is 11.3 Å². The summed E-state index contributed by atoms with van der Waals surface area (Å²) in [5.74, 6) is -0.162. The van der Waals surface area contributed by atoms with Crippen LogP contribution in [0.4, 0.5) is 5.13 Å². The van der Waals surface area contributed by atoms with Crippen LogP contribution in [0.25, 0.3) is 10.6 Å². The molecule has 0 aliphatic rings. The summed E-state index contributed by atoms with van der Waals surface area (Å²) in [6.07, 6.45) is 0. The second-order valence-corrected chi connectivity index (χ2v) is 6.61. The number of thiazole rings is 1. The van der Waals surface area contributed by atoms with Crippen LogP contribution in [0.3, 0.4) is 0 Å². The number of hydrogen-bond donors (Lipinski definition) is 1. The molecule has 0 aliphatic carbocycles. The minimum absolute atomic E-state index is 0.162. The lowest BCUT2D eigenvalue weighted by Crippen LogP contribution is -2.12. The molecule has 3 rings (SSSR count). The van der Waals surface area contributed by atoms with Gasteiger partial charge in [-0.2, -0.15) is 0 Å². The summed E-state index contributed by atoms with van der Waals surface area (Å²) in [5, 5.41) is 7.38. The van der Waals surface area contributed by atoms with Crippen LogP contribution < -0.4 is 5.32 Å². The average molecular weight is 365 g/mol. The maximum Gasteiger partial charge on any atom is 0.258 e. The standard InChI is InChI=1S/C14H9BrN2OS2/c15-10-5-2-1-4-9(10)13(18)17-14-16-11(8-20-14)12-6-3-7-19-12/h1-8H,(H,16,17,18). The molecule has 3 nitrogen and oxygen atoms in total. The molecule has 0 spiro atoms. The van der Waals surface area contributed by atoms with Gasteiger partial charge in [-0.3, -0.25) is 10.1 Å². The van der Waals surface area contributed by atoms with Crippen molar-refractivity contribution in [2.45, 2.75) is 0 Å². The summed E-state index contributed by atoms with van der Waals surface area (Å²) < 4.78 is 0.771. The van der Waals surface area contributed by atoms with Gasteiger partial charge in [-0.15, -0.1) is 22.7 Å². The molecule has 0 radical (unpaired) electrons. The van der Waals surface area contributed by atoms with Gasteiger partial charge in [0.1, 0.15) is 0 Å². The van der Waals surface area contributed by atoms with E-state index in [1.807, 2.05) is 41.1 Å². The molecular weight excluding hydrogens is 356 g/mol. The minimum Gasteiger partial charge on any atom is -0.298 e. The molecule has 0 fully saturated rings. The number of anilines is 1. The normalized spacial score (nSPS) is 10.4. The number of hydrogen-bond acceptors (Lipinski definition) is 4. The average Bonchev–Trinajstić information content (AvgIpc) is 3.09. The smallest absolute Gasteiger partial charge is 0.258 e. The van der Waals surface area contributed by atoms with Crippen molar-refractivity contribution < 1.29 is 4.79 Å². The topological polar surface area (TPSA) is 42.0 Å². The molecule has 6 heteroatoms. The number of rotatable bonds is 3. The first-order chi connectivity index (χ1) is 9.74. The SMILES string of the molecule is O=C(Nc1nc(-c2cccs2)cs1)c1ccccc1Br. The Bertz CT molecular complexity index is 737. The number of benzene rings is 1. The fourth-order valence-corrected chi connectivity index (χ4v) is 3.61. The predicted molar refractivity (Wildman–Crippen MR) is 87.5 cm³/mol. The van der Waals surface area contributed by atoms with Crippen LogP contribution in [0.2, 0.25) is 0 Å². The van der Waals surface area contributed by atoms with E-state index in [0.717, 1.165) is 15.0 Å². The minimum atomic E-state index is -0.162. The lowest BCUT2D eigenvalue weighted by molar-refractivity contribution is 0.102. The first-order valence-corrected chi connectivity index (χ1v) is 8.34. The van der Waals surface area contributed by atoms with Gasteiger partial charge in [0.15, 0.2) is 5.13 Å². The summed E-state index contributed by atoms with van der Waals surface area (Å²) >= 11 is 6.43. The van der Waals surface area contributed by atoms with Gasteiger partial charge < -0.3 is 0 Å². The molecule has 0 saturated heterocycles. The fourth-order valence-electron chi connectivity index (χ4n) is 1.68. The fraction of sp³-hybridized carbons (Fsp3) is 0. The molecule has 20 heavy (non-hydrogen) atoms. The zero-order valence-corrected chi connectivity index (χ0v) is 13.4. The largest absolute Gasteiger partial charge is 0.298 e. The number of halogens is 1. The molecule has 2 heterocycles. The Morgan fingerprint density at radius 1 is 1.15 bits per heavy atom. The van der Waals surface area contributed by atoms with Crippen molar-refractivity contribution in [1.82, 2.24) is 4.98 Å². The van der Waals surface area contributed by atoms with Crippen molar-refractivity contribution >= 4 is 49.6 Å². The van der Waals surface area contributed by atoms with Gasteiger partial charge in [0.25, 0.3) is 5.91 Å². The molecule has 0 aliphatic heterocycles. The van der Waals surface area contributed by atoms with E-state index in [0.29, 0.717) is 10.7 Å². The quantitative estimate of drug-likeness (QED) is 0.718. The highest BCUT2D eigenvalue weighted by Gasteiger charge is 2.12. The zero-order chi connectivity index (χ0) is 13.9. The second-order valence-electron chi connectivity index (χ2n) is 3.95. The number of carbonyl (C=O) groups is 1. The molecule has 1 amide bonds. The Balaban J connectivity index is 1.79. The van der Waals surface area contributed by atoms with Crippen LogP contribution in [0.5, 0.6) is 0 Å². The van der Waals surface area contributed by atoms with E-state index in [9.17, 15) is 4.79 Å². The van der Waals surface area contributed by atoms with E-state index in [-0.39, 0.29) is 5.91 Å². The van der Waals surface area contributed by atoms with Crippen molar-refractivity contribution in [2.75, 3.05) is 5.32 Å². The van der Waals surface area contributed by atoms with Gasteiger partial charge in [-0.05, 0) is 39.5 Å². The third-order valence-electron chi connectivity index (χ3n) is 2.62. The highest BCUT2D eigenvalue weighted by Crippen LogP contribution is 2.28. The number of nitrogens with zero attached hydrogens (tertiary/aromatic N) is 1. The third-order valence-corrected chi connectivity index (χ3v) is 4.96. The molecule has 3 aromatic rings. The van der Waals surface area contributed by atoms with Crippen molar-refractivity contribution in [3.63, 3.8) is 0 Å². The molecule has 0 unspecified atom stereocenters. The van der Waals surface area contributed by atoms with Crippen molar-refractivity contribution in [2.24, 2.45) is 0 Å². The zero-order valence-electron chi connectivity index (χ0n) is 10.2. The highest BCUT2D eigenvalue weighted by molar-refractivity contribution is 9.10. The van der Waals surface area contributed by atoms with Gasteiger partial charge in [-0.25, -0.2) is 4.98 Å². The van der Waals surface area contributed by atoms with Crippen LogP contribution in [0.15, 0.2) is 51.6 Å². The van der Waals surface area contributed by atoms with E-state index in [1.54, 1.807) is 17.4 Å². The van der Waals surface area contributed by atoms with Crippen molar-refractivity contribution in [3.8, 4) is 10.6 Å². The Morgan fingerprint density at radius 2 is 2.00 bits per heavy atom. The molecule has 2 aromatic heterocycles. The second kappa shape index (κ2) is 5.87. The summed E-state index contributed by atoms with van der Waals surface area (Å²) in [6.45, 7) is 0. The number of aromatic nitrogens is 1. The van der Waals surface area contributed by atoms with Crippen LogP contribution >= 0.6 is 38.6 Å². The number of nitrogens with one attached hydrogen (secondary N) is 1. The lowest BCUT2D eigenvalue weighted by Gasteiger charge is -2.03. The molecule has 100 valence electrons. The summed E-state index contributed by atoms with van der Waals surface area (Å²) in [7, 11) is 0. The van der Waals surface area contributed by atoms with Crippen LogP contribution in [-0.4, -0.2) is 10.9 Å². The monoisotopic (exact) mass is 364 g/mol. The molecular formula is C14H9BrN2OS2. The molecule has 0 saturated carbocycles. The van der Waals surface area contributed by atoms with Crippen LogP contribution in [0.1, 0.15) is 10.4 Å². The van der Waals surface area contributed by atoms with Gasteiger partial charge >= 0.3 is 0 Å². The third kappa shape index (κ3) is 2.82. The van der Waals surface area contributed by atoms with Gasteiger partial charge in [0.2, 0.25) is 0 Å². The Hall–Kier alpha value is -1.50. The molecule has 0 bridgehead atoms. The highest BCUT2D eigenvalue weighted by atomic mass is 79.9. The molecule has 0 atom stereocenters. The van der Waals surface area contributed by atoms with E-state index < -0.39 is 0 Å². The van der Waals surface area contributed by atoms with Crippen molar-refractivity contribution in [1.29, 1.82) is 0 Å². The lowest BCUT2D eigenvalue weighted by atomic mass is 10.2. The number of amides is 1. The molecule has 1 aromatic carbocycles. The maximum absolute atomic E-state index is 12.2. The Morgan fingerprint density at radius 3 is 2.75 bits per heavy atom. The van der Waals surface area contributed by atoms with E-state index in [2.05, 4.69) is 26.2 Å². The first-order valence-electron chi connectivity index (χ1n) is 5.79. The predicted octanol–water partition coefficient (Wildman–Crippen LogP) is 4.89. The number of carbonyl (C=O) groups excluding carboxylic acids is 1. The first kappa shape index (κ1) is 13.5. The van der Waals surface area contributed by atoms with Crippen LogP contribution in [0, 0.1) is 0 Å². The summed E-state index contributed by atoms with van der Waals surface area (Å²) in [6, 6.07) is 11.3.